The van der Waals surface area contributed by atoms with Gasteiger partial charge in [0.1, 0.15) is 0 Å². The number of fused-ring (bicyclic) bond motifs is 1. The number of benzene rings is 2. The first-order valence-corrected chi connectivity index (χ1v) is 12.6. The molecule has 2 aliphatic heterocycles. The molecule has 1 fully saturated rings. The third-order valence-electron chi connectivity index (χ3n) is 6.06. The second kappa shape index (κ2) is 12.3. The second-order valence-electron chi connectivity index (χ2n) is 8.69. The maximum absolute atomic E-state index is 12.6. The first-order chi connectivity index (χ1) is 17.0. The van der Waals surface area contributed by atoms with E-state index in [0.717, 1.165) is 50.9 Å². The Labute approximate surface area is 215 Å². The van der Waals surface area contributed by atoms with Crippen molar-refractivity contribution in [1.29, 1.82) is 0 Å². The van der Waals surface area contributed by atoms with E-state index in [-0.39, 0.29) is 24.6 Å². The zero-order valence-electron chi connectivity index (χ0n) is 19.4. The highest BCUT2D eigenvalue weighted by molar-refractivity contribution is 6.42. The van der Waals surface area contributed by atoms with Crippen molar-refractivity contribution in [3.8, 4) is 11.5 Å². The van der Waals surface area contributed by atoms with Crippen molar-refractivity contribution in [2.45, 2.75) is 31.7 Å². The quantitative estimate of drug-likeness (QED) is 0.357. The van der Waals surface area contributed by atoms with Crippen LogP contribution in [0.4, 0.5) is 0 Å². The van der Waals surface area contributed by atoms with Crippen LogP contribution in [0.3, 0.4) is 0 Å². The Morgan fingerprint density at radius 1 is 1.03 bits per heavy atom. The van der Waals surface area contributed by atoms with Gasteiger partial charge in [0, 0.05) is 37.3 Å². The number of nitrogens with zero attached hydrogens (tertiary/aromatic N) is 1. The fourth-order valence-electron chi connectivity index (χ4n) is 4.16. The number of rotatable bonds is 10. The summed E-state index contributed by atoms with van der Waals surface area (Å²) in [5.41, 5.74) is 1.41. The summed E-state index contributed by atoms with van der Waals surface area (Å²) in [5.74, 6) is 1.08. The maximum Gasteiger partial charge on any atom is 0.251 e. The SMILES string of the molecule is O=C(/C=C/c1ccc(Cl)c(Cl)c1)NCCCCCN1CC[C@H](NC(=O)c2ccc3c(c2)OCO3)C1. The summed E-state index contributed by atoms with van der Waals surface area (Å²) in [6, 6.07) is 10.6. The maximum atomic E-state index is 12.6. The molecule has 9 heteroatoms. The Morgan fingerprint density at radius 2 is 1.89 bits per heavy atom. The molecule has 2 amide bonds. The van der Waals surface area contributed by atoms with Gasteiger partial charge in [0.15, 0.2) is 11.5 Å². The number of unbranched alkanes of at least 4 members (excludes halogenated alkanes) is 2. The van der Waals surface area contributed by atoms with Gasteiger partial charge in [-0.05, 0) is 67.8 Å². The number of hydrogen-bond donors (Lipinski definition) is 2. The molecule has 2 aromatic carbocycles. The molecule has 0 radical (unpaired) electrons. The van der Waals surface area contributed by atoms with Crippen LogP contribution in [0.5, 0.6) is 11.5 Å². The summed E-state index contributed by atoms with van der Waals surface area (Å²) in [4.78, 5) is 26.9. The first kappa shape index (κ1) is 25.4. The monoisotopic (exact) mass is 517 g/mol. The number of ether oxygens (including phenoxy) is 2. The van der Waals surface area contributed by atoms with Crippen molar-refractivity contribution < 1.29 is 19.1 Å². The molecule has 4 rings (SSSR count). The summed E-state index contributed by atoms with van der Waals surface area (Å²) >= 11 is 11.9. The number of likely N-dealkylation sites (tertiary alicyclic amines) is 1. The fourth-order valence-corrected chi connectivity index (χ4v) is 4.46. The summed E-state index contributed by atoms with van der Waals surface area (Å²) in [6.45, 7) is 3.65. The Kier molecular flexibility index (Phi) is 8.90. The van der Waals surface area contributed by atoms with Crippen LogP contribution in [-0.2, 0) is 4.79 Å². The van der Waals surface area contributed by atoms with Crippen LogP contribution in [0, 0.1) is 0 Å². The lowest BCUT2D eigenvalue weighted by Crippen LogP contribution is -2.37. The minimum Gasteiger partial charge on any atom is -0.454 e. The van der Waals surface area contributed by atoms with Gasteiger partial charge in [-0.1, -0.05) is 35.7 Å². The van der Waals surface area contributed by atoms with Crippen molar-refractivity contribution in [3.63, 3.8) is 0 Å². The highest BCUT2D eigenvalue weighted by Gasteiger charge is 2.24. The smallest absolute Gasteiger partial charge is 0.251 e. The fraction of sp³-hybridized carbons (Fsp3) is 0.385. The van der Waals surface area contributed by atoms with Gasteiger partial charge < -0.3 is 25.0 Å². The van der Waals surface area contributed by atoms with Gasteiger partial charge in [0.25, 0.3) is 5.91 Å². The average molecular weight is 518 g/mol. The van der Waals surface area contributed by atoms with E-state index < -0.39 is 0 Å². The zero-order chi connectivity index (χ0) is 24.6. The lowest BCUT2D eigenvalue weighted by Gasteiger charge is -2.16. The first-order valence-electron chi connectivity index (χ1n) is 11.8. The number of halogens is 2. The molecule has 2 N–H and O–H groups in total. The predicted molar refractivity (Wildman–Crippen MR) is 137 cm³/mol. The molecule has 0 aliphatic carbocycles. The third kappa shape index (κ3) is 7.37. The van der Waals surface area contributed by atoms with E-state index in [9.17, 15) is 9.59 Å². The zero-order valence-corrected chi connectivity index (χ0v) is 20.9. The van der Waals surface area contributed by atoms with Gasteiger partial charge in [-0.25, -0.2) is 0 Å². The molecule has 0 unspecified atom stereocenters. The minimum absolute atomic E-state index is 0.0842. The number of nitrogens with one attached hydrogen (secondary N) is 2. The number of hydrogen-bond acceptors (Lipinski definition) is 5. The van der Waals surface area contributed by atoms with Crippen molar-refractivity contribution in [2.24, 2.45) is 0 Å². The van der Waals surface area contributed by atoms with Gasteiger partial charge in [-0.2, -0.15) is 0 Å². The average Bonchev–Trinajstić information content (AvgIpc) is 3.50. The van der Waals surface area contributed by atoms with Crippen LogP contribution in [-0.4, -0.2) is 55.7 Å². The molecule has 0 spiro atoms. The van der Waals surface area contributed by atoms with Crippen molar-refractivity contribution in [3.05, 3.63) is 63.6 Å². The molecule has 0 aromatic heterocycles. The third-order valence-corrected chi connectivity index (χ3v) is 6.80. The predicted octanol–water partition coefficient (Wildman–Crippen LogP) is 4.53. The van der Waals surface area contributed by atoms with Crippen LogP contribution >= 0.6 is 23.2 Å². The Balaban J connectivity index is 1.07. The van der Waals surface area contributed by atoms with E-state index in [1.807, 2.05) is 6.07 Å². The van der Waals surface area contributed by atoms with Gasteiger partial charge in [-0.15, -0.1) is 0 Å². The van der Waals surface area contributed by atoms with Gasteiger partial charge in [0.05, 0.1) is 10.0 Å². The van der Waals surface area contributed by atoms with E-state index >= 15 is 0 Å². The molecule has 1 saturated heterocycles. The van der Waals surface area contributed by atoms with Crippen LogP contribution in [0.25, 0.3) is 6.08 Å². The summed E-state index contributed by atoms with van der Waals surface area (Å²) in [5, 5.41) is 6.98. The highest BCUT2D eigenvalue weighted by atomic mass is 35.5. The van der Waals surface area contributed by atoms with Gasteiger partial charge in [-0.3, -0.25) is 9.59 Å². The topological polar surface area (TPSA) is 79.9 Å². The van der Waals surface area contributed by atoms with Gasteiger partial charge in [0.2, 0.25) is 12.7 Å². The Bertz CT molecular complexity index is 1090. The number of carbonyl (C=O) groups excluding carboxylic acids is 2. The summed E-state index contributed by atoms with van der Waals surface area (Å²) < 4.78 is 10.7. The highest BCUT2D eigenvalue weighted by Crippen LogP contribution is 2.32. The molecule has 2 aromatic rings. The number of carbonyl (C=O) groups is 2. The summed E-state index contributed by atoms with van der Waals surface area (Å²) in [6.07, 6.45) is 7.16. The Hall–Kier alpha value is -2.74. The van der Waals surface area contributed by atoms with E-state index in [1.165, 1.54) is 6.08 Å². The molecule has 2 aliphatic rings. The van der Waals surface area contributed by atoms with E-state index in [1.54, 1.807) is 36.4 Å². The van der Waals surface area contributed by atoms with Crippen LogP contribution in [0.2, 0.25) is 10.0 Å². The lowest BCUT2D eigenvalue weighted by molar-refractivity contribution is -0.116. The van der Waals surface area contributed by atoms with Crippen LogP contribution in [0.15, 0.2) is 42.5 Å². The largest absolute Gasteiger partial charge is 0.454 e. The summed E-state index contributed by atoms with van der Waals surface area (Å²) in [7, 11) is 0. The molecule has 0 bridgehead atoms. The lowest BCUT2D eigenvalue weighted by atomic mass is 10.1. The molecule has 0 saturated carbocycles. The van der Waals surface area contributed by atoms with Crippen molar-refractivity contribution in [1.82, 2.24) is 15.5 Å². The molecule has 35 heavy (non-hydrogen) atoms. The van der Waals surface area contributed by atoms with E-state index in [0.29, 0.717) is 33.7 Å². The Morgan fingerprint density at radius 3 is 2.74 bits per heavy atom. The normalized spacial score (nSPS) is 17.1. The second-order valence-corrected chi connectivity index (χ2v) is 9.50. The van der Waals surface area contributed by atoms with Crippen LogP contribution < -0.4 is 20.1 Å². The standard InChI is InChI=1S/C26H29Cl2N3O4/c27-21-7-4-18(14-22(21)28)5-9-25(32)29-11-2-1-3-12-31-13-10-20(16-31)30-26(33)19-6-8-23-24(15-19)35-17-34-23/h4-9,14-15,20H,1-3,10-13,16-17H2,(H,29,32)(H,30,33)/b9-5+/t20-/m0/s1. The number of amides is 2. The van der Waals surface area contributed by atoms with Crippen LogP contribution in [0.1, 0.15) is 41.6 Å². The molecule has 186 valence electrons. The molecule has 7 nitrogen and oxygen atoms in total. The van der Waals surface area contributed by atoms with Crippen molar-refractivity contribution >= 4 is 41.1 Å². The molecule has 1 atom stereocenters. The molecule has 2 heterocycles. The van der Waals surface area contributed by atoms with Gasteiger partial charge >= 0.3 is 0 Å². The minimum atomic E-state index is -0.128. The van der Waals surface area contributed by atoms with Crippen molar-refractivity contribution in [2.75, 3.05) is 33.0 Å². The van der Waals surface area contributed by atoms with E-state index in [2.05, 4.69) is 15.5 Å². The molecular formula is C26H29Cl2N3O4. The molecular weight excluding hydrogens is 489 g/mol. The van der Waals surface area contributed by atoms with E-state index in [4.69, 9.17) is 32.7 Å².